The summed E-state index contributed by atoms with van der Waals surface area (Å²) in [5, 5.41) is 1.91. The van der Waals surface area contributed by atoms with E-state index in [4.69, 9.17) is 24.8 Å². The molecule has 0 saturated carbocycles. The number of pyridine rings is 1. The van der Waals surface area contributed by atoms with Crippen molar-refractivity contribution in [2.45, 2.75) is 19.7 Å². The number of hydrogen-bond acceptors (Lipinski definition) is 2. The molecule has 0 atom stereocenters. The van der Waals surface area contributed by atoms with Gasteiger partial charge in [0.05, 0.1) is 19.4 Å². The van der Waals surface area contributed by atoms with Gasteiger partial charge in [-0.3, -0.25) is 4.57 Å². The molecule has 0 aliphatic carbocycles. The summed E-state index contributed by atoms with van der Waals surface area (Å²) in [7, 11) is 0. The molecule has 10 aromatic rings. The molecule has 0 aliphatic rings. The van der Waals surface area contributed by atoms with Crippen molar-refractivity contribution in [1.29, 1.82) is 0 Å². The summed E-state index contributed by atoms with van der Waals surface area (Å²) in [6, 6.07) is 35.5. The second-order valence-electron chi connectivity index (χ2n) is 13.8. The summed E-state index contributed by atoms with van der Waals surface area (Å²) < 4.78 is 106. The van der Waals surface area contributed by atoms with Crippen molar-refractivity contribution in [2.75, 3.05) is 0 Å². The van der Waals surface area contributed by atoms with E-state index in [9.17, 15) is 0 Å². The predicted octanol–water partition coefficient (Wildman–Crippen LogP) is 12.6. The maximum atomic E-state index is 8.85. The van der Waals surface area contributed by atoms with Gasteiger partial charge in [-0.1, -0.05) is 140 Å². The van der Waals surface area contributed by atoms with Crippen LogP contribution in [0.5, 0.6) is 11.5 Å². The minimum Gasteiger partial charge on any atom is -0.510 e. The van der Waals surface area contributed by atoms with E-state index in [-0.39, 0.29) is 49.0 Å². The SMILES string of the molecule is [2H]c1c([2H])c([2H])c(-c2cccc(-c3c([2H])c([2H])c([2H])c([2H])c3[2H])c2-[n+]2[c-]n(-c3[c-]c(Oc4[c-]c5c(cc4)c4cc(-c6ccccc6)ccc4n5-c4cc(C([2H])(C)C)ccn4)ccc3)cc2)c([2H])c1[2H].[Pt]. The van der Waals surface area contributed by atoms with Crippen LogP contribution in [0.3, 0.4) is 0 Å². The Bertz CT molecular complexity index is 3570. The molecule has 0 aliphatic heterocycles. The number of hydrogen-bond donors (Lipinski definition) is 0. The van der Waals surface area contributed by atoms with E-state index in [1.807, 2.05) is 60.9 Å². The van der Waals surface area contributed by atoms with Crippen molar-refractivity contribution >= 4 is 21.8 Å². The number of rotatable bonds is 9. The Hall–Kier alpha value is -6.81. The zero-order valence-electron chi connectivity index (χ0n) is 42.6. The molecule has 0 bridgehead atoms. The first-order chi connectivity index (χ1) is 33.0. The predicted molar refractivity (Wildman–Crippen MR) is 233 cm³/mol. The van der Waals surface area contributed by atoms with Crippen LogP contribution >= 0.6 is 0 Å². The molecule has 0 saturated heterocycles. The Morgan fingerprint density at radius 2 is 1.39 bits per heavy atom. The fourth-order valence-electron chi connectivity index (χ4n) is 7.19. The second kappa shape index (κ2) is 16.2. The summed E-state index contributed by atoms with van der Waals surface area (Å²) in [5.41, 5.74) is 5.16. The van der Waals surface area contributed by atoms with E-state index in [2.05, 4.69) is 48.8 Å². The van der Waals surface area contributed by atoms with Crippen molar-refractivity contribution in [3.63, 3.8) is 0 Å². The Kier molecular flexibility index (Phi) is 7.41. The first-order valence-electron chi connectivity index (χ1n) is 24.1. The summed E-state index contributed by atoms with van der Waals surface area (Å²) >= 11 is 0. The Morgan fingerprint density at radius 3 is 2.12 bits per heavy atom. The minimum absolute atomic E-state index is 0. The van der Waals surface area contributed by atoms with E-state index in [0.29, 0.717) is 28.5 Å². The molecular weight excluding hydrogens is 904 g/mol. The number of aromatic nitrogens is 4. The molecule has 3 heterocycles. The van der Waals surface area contributed by atoms with Gasteiger partial charge in [0.25, 0.3) is 6.33 Å². The third kappa shape index (κ3) is 7.31. The number of fused-ring (bicyclic) bond motifs is 3. The number of nitrogens with zero attached hydrogens (tertiary/aromatic N) is 4. The van der Waals surface area contributed by atoms with Crippen LogP contribution in [0.1, 0.15) is 40.4 Å². The van der Waals surface area contributed by atoms with E-state index in [0.717, 1.165) is 33.0 Å². The number of benzene rings is 7. The first-order valence-corrected chi connectivity index (χ1v) is 18.6. The van der Waals surface area contributed by atoms with Gasteiger partial charge in [-0.15, -0.1) is 29.7 Å². The molecule has 10 rings (SSSR count). The van der Waals surface area contributed by atoms with Crippen LogP contribution in [0.15, 0.2) is 188 Å². The van der Waals surface area contributed by atoms with Crippen LogP contribution in [0.2, 0.25) is 0 Å². The van der Waals surface area contributed by atoms with E-state index < -0.39 is 66.3 Å². The molecule has 59 heavy (non-hydrogen) atoms. The maximum absolute atomic E-state index is 8.85. The molecule has 0 spiro atoms. The van der Waals surface area contributed by atoms with E-state index in [1.165, 1.54) is 4.57 Å². The van der Waals surface area contributed by atoms with Crippen LogP contribution in [-0.4, -0.2) is 14.1 Å². The second-order valence-corrected chi connectivity index (χ2v) is 13.8. The molecule has 7 aromatic carbocycles. The smallest absolute Gasteiger partial charge is 0.267 e. The Balaban J connectivity index is 0.00000608. The van der Waals surface area contributed by atoms with Gasteiger partial charge < -0.3 is 13.9 Å². The molecule has 0 radical (unpaired) electrons. The third-order valence-electron chi connectivity index (χ3n) is 9.94. The van der Waals surface area contributed by atoms with Gasteiger partial charge in [-0.2, -0.15) is 18.2 Å². The summed E-state index contributed by atoms with van der Waals surface area (Å²) in [6.07, 6.45) is 8.19. The minimum atomic E-state index is -0.869. The van der Waals surface area contributed by atoms with Gasteiger partial charge in [0.15, 0.2) is 0 Å². The van der Waals surface area contributed by atoms with Crippen LogP contribution in [0, 0.1) is 18.5 Å². The maximum Gasteiger partial charge on any atom is 0.267 e. The zero-order chi connectivity index (χ0) is 48.6. The quantitative estimate of drug-likeness (QED) is 0.107. The van der Waals surface area contributed by atoms with E-state index in [1.54, 1.807) is 59.6 Å². The molecule has 6 heteroatoms. The first kappa shape index (κ1) is 27.0. The standard InChI is InChI=1S/C53H38N4O.Pt/c1-37(2)41-28-29-54-52(33-41)57-50-27-24-42(38-14-6-3-7-15-38)32-49(50)48-26-25-45(35-51(48)57)58-44-21-12-20-43(34-44)55-30-31-56(36-55)53-46(39-16-8-4-9-17-39)22-13-23-47(53)40-18-10-5-11-19-40;/h3-33,37H,1-2H3;/q-2;/i4D,5D,8D,9D,10D,11D,16D,17D,18D,19D,37D;. The van der Waals surface area contributed by atoms with Gasteiger partial charge in [0, 0.05) is 58.0 Å². The largest absolute Gasteiger partial charge is 0.510 e. The van der Waals surface area contributed by atoms with Gasteiger partial charge >= 0.3 is 0 Å². The summed E-state index contributed by atoms with van der Waals surface area (Å²) in [4.78, 5) is 4.76. The molecule has 288 valence electrons. The summed E-state index contributed by atoms with van der Waals surface area (Å²) in [6.45, 7) is 3.67. The Labute approximate surface area is 374 Å². The number of para-hydroxylation sites is 1. The fourth-order valence-corrected chi connectivity index (χ4v) is 7.19. The monoisotopic (exact) mass is 952 g/mol. The molecule has 0 N–H and O–H groups in total. The average molecular weight is 953 g/mol. The molecule has 0 fully saturated rings. The third-order valence-corrected chi connectivity index (χ3v) is 9.94. The van der Waals surface area contributed by atoms with Crippen LogP contribution in [-0.2, 0) is 21.1 Å². The number of imidazole rings is 1. The molecule has 0 unspecified atom stereocenters. The van der Waals surface area contributed by atoms with Crippen molar-refractivity contribution in [3.05, 3.63) is 212 Å². The Morgan fingerprint density at radius 1 is 0.678 bits per heavy atom. The topological polar surface area (TPSA) is 35.9 Å². The average Bonchev–Trinajstić information content (AvgIpc) is 3.97. The molecule has 5 nitrogen and oxygen atoms in total. The van der Waals surface area contributed by atoms with Crippen molar-refractivity contribution in [2.24, 2.45) is 0 Å². The molecule has 3 aromatic heterocycles. The van der Waals surface area contributed by atoms with Crippen molar-refractivity contribution in [1.82, 2.24) is 14.1 Å². The molecular formula is C53H38N4OPt-2. The van der Waals surface area contributed by atoms with Crippen LogP contribution in [0.4, 0.5) is 0 Å². The van der Waals surface area contributed by atoms with Crippen molar-refractivity contribution < 1.29 is 45.4 Å². The van der Waals surface area contributed by atoms with E-state index >= 15 is 0 Å². The van der Waals surface area contributed by atoms with Crippen LogP contribution < -0.4 is 9.30 Å². The normalized spacial score (nSPS) is 14.0. The van der Waals surface area contributed by atoms with Gasteiger partial charge in [0.1, 0.15) is 5.82 Å². The van der Waals surface area contributed by atoms with Gasteiger partial charge in [-0.25, -0.2) is 4.98 Å². The fraction of sp³-hybridized carbons (Fsp3) is 0.0566. The number of ether oxygens (including phenoxy) is 1. The van der Waals surface area contributed by atoms with Crippen LogP contribution in [0.25, 0.3) is 72.4 Å². The van der Waals surface area contributed by atoms with Gasteiger partial charge in [0.2, 0.25) is 0 Å². The summed E-state index contributed by atoms with van der Waals surface area (Å²) in [5.74, 6) is 0.484. The molecule has 0 amide bonds. The zero-order valence-corrected chi connectivity index (χ0v) is 33.9. The van der Waals surface area contributed by atoms with Crippen molar-refractivity contribution in [3.8, 4) is 62.1 Å². The van der Waals surface area contributed by atoms with Gasteiger partial charge in [-0.05, 0) is 74.1 Å².